The van der Waals surface area contributed by atoms with E-state index in [2.05, 4.69) is 9.71 Å². The Kier molecular flexibility index (Phi) is 9.13. The molecule has 2 aromatic carbocycles. The Labute approximate surface area is 203 Å². The van der Waals surface area contributed by atoms with Gasteiger partial charge in [0.05, 0.1) is 24.3 Å². The van der Waals surface area contributed by atoms with Crippen molar-refractivity contribution in [2.45, 2.75) is 37.9 Å². The molecule has 1 aliphatic rings. The third kappa shape index (κ3) is 7.73. The second kappa shape index (κ2) is 11.2. The molecule has 186 valence electrons. The smallest absolute Gasteiger partial charge is 0.338 e. The molecule has 1 N–H and O–H groups in total. The zero-order valence-corrected chi connectivity index (χ0v) is 20.4. The minimum Gasteiger partial charge on any atom is -0.338 e. The number of rotatable bonds is 8. The number of nitrogens with one attached hydrogen (secondary N) is 1. The van der Waals surface area contributed by atoms with Gasteiger partial charge < -0.3 is 4.90 Å². The van der Waals surface area contributed by atoms with E-state index in [1.165, 1.54) is 12.1 Å². The van der Waals surface area contributed by atoms with E-state index in [0.717, 1.165) is 49.1 Å². The number of halogens is 4. The van der Waals surface area contributed by atoms with Crippen LogP contribution < -0.4 is 4.72 Å². The van der Waals surface area contributed by atoms with Crippen LogP contribution in [-0.2, 0) is 27.4 Å². The van der Waals surface area contributed by atoms with Gasteiger partial charge in [0.1, 0.15) is 0 Å². The van der Waals surface area contributed by atoms with E-state index in [0.29, 0.717) is 17.7 Å². The van der Waals surface area contributed by atoms with Crippen molar-refractivity contribution in [3.8, 4) is 0 Å². The zero-order chi connectivity index (χ0) is 24.2. The van der Waals surface area contributed by atoms with E-state index in [9.17, 15) is 26.4 Å². The molecule has 0 saturated heterocycles. The highest BCUT2D eigenvalue weighted by Crippen LogP contribution is 2.31. The van der Waals surface area contributed by atoms with Crippen LogP contribution >= 0.6 is 12.4 Å². The number of likely N-dealkylation sites (N-methyl/N-ethyl adjacent to an activating group) is 1. The van der Waals surface area contributed by atoms with Gasteiger partial charge in [-0.1, -0.05) is 24.3 Å². The minimum atomic E-state index is -4.43. The Hall–Kier alpha value is -2.59. The highest BCUT2D eigenvalue weighted by molar-refractivity contribution is 7.92. The van der Waals surface area contributed by atoms with Gasteiger partial charge in [0.15, 0.2) is 0 Å². The molecule has 2 aromatic rings. The molecule has 0 radical (unpaired) electrons. The Morgan fingerprint density at radius 2 is 1.85 bits per heavy atom. The van der Waals surface area contributed by atoms with Crippen LogP contribution in [0.2, 0.25) is 0 Å². The Morgan fingerprint density at radius 1 is 1.18 bits per heavy atom. The Bertz CT molecular complexity index is 1140. The molecule has 0 aliphatic carbocycles. The summed E-state index contributed by atoms with van der Waals surface area (Å²) in [6.07, 6.45) is -1.16. The normalized spacial score (nSPS) is 14.7. The van der Waals surface area contributed by atoms with Crippen molar-refractivity contribution in [1.82, 2.24) is 4.90 Å². The van der Waals surface area contributed by atoms with E-state index in [4.69, 9.17) is 0 Å². The number of aliphatic imine (C=N–C) groups is 1. The van der Waals surface area contributed by atoms with Crippen molar-refractivity contribution < 1.29 is 26.4 Å². The van der Waals surface area contributed by atoms with Crippen molar-refractivity contribution in [3.63, 3.8) is 0 Å². The number of hydrogen-bond acceptors (Lipinski definition) is 4. The Balaban J connectivity index is 0.00000408. The highest BCUT2D eigenvalue weighted by atomic mass is 35.5. The number of nitrogens with zero attached hydrogens (tertiary/aromatic N) is 2. The number of carbonyl (C=O) groups is 1. The van der Waals surface area contributed by atoms with Crippen LogP contribution in [-0.4, -0.2) is 44.8 Å². The molecular formula is C23H27ClF3N3O3S. The first-order chi connectivity index (χ1) is 15.4. The molecule has 11 heteroatoms. The lowest BCUT2D eigenvalue weighted by Gasteiger charge is -2.29. The molecule has 0 aromatic heterocycles. The van der Waals surface area contributed by atoms with Crippen molar-refractivity contribution in [2.75, 3.05) is 24.6 Å². The van der Waals surface area contributed by atoms with Gasteiger partial charge in [-0.3, -0.25) is 14.5 Å². The first kappa shape index (κ1) is 27.7. The summed E-state index contributed by atoms with van der Waals surface area (Å²) >= 11 is 0. The number of anilines is 1. The van der Waals surface area contributed by atoms with Crippen LogP contribution in [0, 0.1) is 0 Å². The lowest BCUT2D eigenvalue weighted by atomic mass is 9.97. The van der Waals surface area contributed by atoms with Crippen molar-refractivity contribution >= 4 is 39.7 Å². The standard InChI is InChI=1S/C23H26F3N3O3S.ClH/c1-29(22(30)13-16-8-10-18(11-9-16)23(24,25)26)21(15-19-7-4-12-27-19)17-5-3-6-20(14-17)28-33(2,31)32;/h3,5-6,8-11,14,21,28H,4,7,12-13,15H2,1-2H3;1H/t21-;/m0./s1. The summed E-state index contributed by atoms with van der Waals surface area (Å²) in [6.45, 7) is 0.737. The summed E-state index contributed by atoms with van der Waals surface area (Å²) in [5.74, 6) is -0.264. The molecule has 0 unspecified atom stereocenters. The molecule has 1 heterocycles. The Morgan fingerprint density at radius 3 is 2.41 bits per heavy atom. The first-order valence-electron chi connectivity index (χ1n) is 10.4. The quantitative estimate of drug-likeness (QED) is 0.543. The lowest BCUT2D eigenvalue weighted by molar-refractivity contribution is -0.137. The number of carbonyl (C=O) groups excluding carboxylic acids is 1. The van der Waals surface area contributed by atoms with Crippen LogP contribution in [0.15, 0.2) is 53.5 Å². The van der Waals surface area contributed by atoms with Crippen molar-refractivity contribution in [1.29, 1.82) is 0 Å². The molecule has 0 fully saturated rings. The average molecular weight is 518 g/mol. The summed E-state index contributed by atoms with van der Waals surface area (Å²) in [5, 5.41) is 0. The maximum Gasteiger partial charge on any atom is 0.416 e. The topological polar surface area (TPSA) is 78.8 Å². The van der Waals surface area contributed by atoms with E-state index in [-0.39, 0.29) is 24.7 Å². The van der Waals surface area contributed by atoms with Gasteiger partial charge in [-0.25, -0.2) is 8.42 Å². The van der Waals surface area contributed by atoms with Crippen LogP contribution in [0.25, 0.3) is 0 Å². The molecule has 1 atom stereocenters. The number of alkyl halides is 3. The zero-order valence-electron chi connectivity index (χ0n) is 18.8. The molecule has 3 rings (SSSR count). The van der Waals surface area contributed by atoms with Gasteiger partial charge in [-0.05, 0) is 48.2 Å². The predicted molar refractivity (Wildman–Crippen MR) is 129 cm³/mol. The lowest BCUT2D eigenvalue weighted by Crippen LogP contribution is -2.33. The van der Waals surface area contributed by atoms with Gasteiger partial charge in [0.2, 0.25) is 15.9 Å². The van der Waals surface area contributed by atoms with Crippen molar-refractivity contribution in [2.24, 2.45) is 4.99 Å². The SMILES string of the molecule is CN(C(=O)Cc1ccc(C(F)(F)F)cc1)[C@@H](CC1=NCCC1)c1cccc(NS(C)(=O)=O)c1.Cl. The van der Waals surface area contributed by atoms with Crippen molar-refractivity contribution in [3.05, 3.63) is 65.2 Å². The molecule has 34 heavy (non-hydrogen) atoms. The molecule has 1 amide bonds. The van der Waals surface area contributed by atoms with Crippen LogP contribution in [0.3, 0.4) is 0 Å². The van der Waals surface area contributed by atoms with E-state index in [1.54, 1.807) is 30.1 Å². The van der Waals surface area contributed by atoms with Gasteiger partial charge in [-0.15, -0.1) is 12.4 Å². The molecular weight excluding hydrogens is 491 g/mol. The summed E-state index contributed by atoms with van der Waals surface area (Å²) < 4.78 is 64.1. The summed E-state index contributed by atoms with van der Waals surface area (Å²) in [4.78, 5) is 19.1. The second-order valence-corrected chi connectivity index (χ2v) is 9.90. The fourth-order valence-corrected chi connectivity index (χ4v) is 4.33. The summed E-state index contributed by atoms with van der Waals surface area (Å²) in [6, 6.07) is 11.0. The maximum atomic E-state index is 13.0. The summed E-state index contributed by atoms with van der Waals surface area (Å²) in [5.41, 5.74) is 1.82. The molecule has 6 nitrogen and oxygen atoms in total. The van der Waals surface area contributed by atoms with Crippen LogP contribution in [0.5, 0.6) is 0 Å². The maximum absolute atomic E-state index is 13.0. The fourth-order valence-electron chi connectivity index (χ4n) is 3.78. The molecule has 0 saturated carbocycles. The van der Waals surface area contributed by atoms with E-state index in [1.807, 2.05) is 6.07 Å². The van der Waals surface area contributed by atoms with Gasteiger partial charge >= 0.3 is 6.18 Å². The number of benzene rings is 2. The van der Waals surface area contributed by atoms with Gasteiger partial charge in [0, 0.05) is 31.4 Å². The van der Waals surface area contributed by atoms with Gasteiger partial charge in [0.25, 0.3) is 0 Å². The number of amides is 1. The first-order valence-corrected chi connectivity index (χ1v) is 12.3. The molecule has 1 aliphatic heterocycles. The van der Waals surface area contributed by atoms with Crippen LogP contribution in [0.1, 0.15) is 42.0 Å². The molecule has 0 spiro atoms. The van der Waals surface area contributed by atoms with Crippen LogP contribution in [0.4, 0.5) is 18.9 Å². The highest BCUT2D eigenvalue weighted by Gasteiger charge is 2.30. The third-order valence-corrected chi connectivity index (χ3v) is 6.07. The third-order valence-electron chi connectivity index (χ3n) is 5.46. The monoisotopic (exact) mass is 517 g/mol. The summed E-state index contributed by atoms with van der Waals surface area (Å²) in [7, 11) is -1.83. The largest absolute Gasteiger partial charge is 0.416 e. The minimum absolute atomic E-state index is 0. The number of sulfonamides is 1. The predicted octanol–water partition coefficient (Wildman–Crippen LogP) is 4.87. The average Bonchev–Trinajstić information content (AvgIpc) is 3.23. The fraction of sp³-hybridized carbons (Fsp3) is 0.391. The second-order valence-electron chi connectivity index (χ2n) is 8.15. The molecule has 0 bridgehead atoms. The van der Waals surface area contributed by atoms with E-state index >= 15 is 0 Å². The van der Waals surface area contributed by atoms with Gasteiger partial charge in [-0.2, -0.15) is 13.2 Å². The number of hydrogen-bond donors (Lipinski definition) is 1. The van der Waals surface area contributed by atoms with E-state index < -0.39 is 27.8 Å².